The van der Waals surface area contributed by atoms with Crippen molar-refractivity contribution >= 4 is 11.6 Å². The normalized spacial score (nSPS) is 25.4. The molecule has 0 aromatic carbocycles. The molecule has 2 heterocycles. The van der Waals surface area contributed by atoms with Crippen LogP contribution in [-0.2, 0) is 16.1 Å². The second-order valence-electron chi connectivity index (χ2n) is 7.17. The van der Waals surface area contributed by atoms with Gasteiger partial charge in [0.15, 0.2) is 5.65 Å². The zero-order chi connectivity index (χ0) is 17.5. The second kappa shape index (κ2) is 5.73. The highest BCUT2D eigenvalue weighted by atomic mass is 16.5. The molecule has 2 aromatic rings. The third kappa shape index (κ3) is 2.53. The van der Waals surface area contributed by atoms with Crippen LogP contribution in [0.4, 0.5) is 0 Å². The predicted molar refractivity (Wildman–Crippen MR) is 89.8 cm³/mol. The Hall–Kier alpha value is -2.15. The molecule has 0 unspecified atom stereocenters. The number of hydrogen-bond acceptors (Lipinski definition) is 4. The summed E-state index contributed by atoms with van der Waals surface area (Å²) in [6.07, 6.45) is 2.68. The van der Waals surface area contributed by atoms with E-state index in [0.717, 1.165) is 6.42 Å². The van der Waals surface area contributed by atoms with Crippen LogP contribution in [0, 0.1) is 5.41 Å². The second-order valence-corrected chi connectivity index (χ2v) is 7.17. The molecule has 0 radical (unpaired) electrons. The van der Waals surface area contributed by atoms with Gasteiger partial charge in [0.25, 0.3) is 0 Å². The molecule has 1 N–H and O–H groups in total. The molecule has 7 heteroatoms. The van der Waals surface area contributed by atoms with Gasteiger partial charge in [0.2, 0.25) is 5.91 Å². The van der Waals surface area contributed by atoms with E-state index in [9.17, 15) is 9.59 Å². The van der Waals surface area contributed by atoms with Gasteiger partial charge in [-0.3, -0.25) is 9.20 Å². The molecular formula is C17H24N4O3. The number of amides is 1. The Morgan fingerprint density at radius 1 is 1.42 bits per heavy atom. The lowest BCUT2D eigenvalue weighted by molar-refractivity contribution is -0.182. The number of carbonyl (C=O) groups is 1. The molecule has 3 rings (SSSR count). The van der Waals surface area contributed by atoms with Crippen molar-refractivity contribution in [2.24, 2.45) is 5.41 Å². The lowest BCUT2D eigenvalue weighted by Crippen LogP contribution is -2.68. The minimum absolute atomic E-state index is 0.0739. The van der Waals surface area contributed by atoms with Crippen LogP contribution in [0.25, 0.3) is 5.65 Å². The SMILES string of the molecule is CO[C@]1(C)C[C@@H](NC(=O)CCn2nc3ccccn3c2=O)C1(C)C. The molecule has 24 heavy (non-hydrogen) atoms. The van der Waals surface area contributed by atoms with Crippen LogP contribution in [0.15, 0.2) is 29.2 Å². The smallest absolute Gasteiger partial charge is 0.350 e. The molecule has 0 spiro atoms. The van der Waals surface area contributed by atoms with Crippen molar-refractivity contribution < 1.29 is 9.53 Å². The number of fused-ring (bicyclic) bond motifs is 1. The van der Waals surface area contributed by atoms with Crippen molar-refractivity contribution in [3.8, 4) is 0 Å². The lowest BCUT2D eigenvalue weighted by Gasteiger charge is -2.59. The van der Waals surface area contributed by atoms with Gasteiger partial charge in [0.05, 0.1) is 12.1 Å². The number of rotatable bonds is 5. The Kier molecular flexibility index (Phi) is 3.99. The van der Waals surface area contributed by atoms with E-state index in [1.807, 2.05) is 6.07 Å². The number of pyridine rings is 1. The minimum atomic E-state index is -0.227. The van der Waals surface area contributed by atoms with Gasteiger partial charge in [-0.1, -0.05) is 19.9 Å². The largest absolute Gasteiger partial charge is 0.378 e. The summed E-state index contributed by atoms with van der Waals surface area (Å²) >= 11 is 0. The summed E-state index contributed by atoms with van der Waals surface area (Å²) < 4.78 is 8.37. The van der Waals surface area contributed by atoms with Gasteiger partial charge in [-0.25, -0.2) is 9.48 Å². The van der Waals surface area contributed by atoms with E-state index in [1.165, 1.54) is 9.08 Å². The number of aryl methyl sites for hydroxylation is 1. The Morgan fingerprint density at radius 3 is 2.79 bits per heavy atom. The molecule has 7 nitrogen and oxygen atoms in total. The molecule has 1 saturated carbocycles. The highest BCUT2D eigenvalue weighted by Gasteiger charge is 2.58. The summed E-state index contributed by atoms with van der Waals surface area (Å²) in [4.78, 5) is 24.4. The van der Waals surface area contributed by atoms with Crippen LogP contribution in [0.1, 0.15) is 33.6 Å². The molecule has 0 bridgehead atoms. The fraction of sp³-hybridized carbons (Fsp3) is 0.588. The first-order valence-electron chi connectivity index (χ1n) is 8.17. The van der Waals surface area contributed by atoms with E-state index in [1.54, 1.807) is 25.4 Å². The van der Waals surface area contributed by atoms with Gasteiger partial charge in [-0.2, -0.15) is 0 Å². The van der Waals surface area contributed by atoms with Crippen molar-refractivity contribution in [2.75, 3.05) is 7.11 Å². The first kappa shape index (κ1) is 16.7. The molecule has 2 atom stereocenters. The molecular weight excluding hydrogens is 308 g/mol. The van der Waals surface area contributed by atoms with Crippen molar-refractivity contribution in [3.05, 3.63) is 34.9 Å². The highest BCUT2D eigenvalue weighted by molar-refractivity contribution is 5.76. The number of methoxy groups -OCH3 is 1. The Morgan fingerprint density at radius 2 is 2.17 bits per heavy atom. The van der Waals surface area contributed by atoms with Crippen LogP contribution in [0.2, 0.25) is 0 Å². The maximum absolute atomic E-state index is 12.2. The summed E-state index contributed by atoms with van der Waals surface area (Å²) in [5.41, 5.74) is 0.00843. The quantitative estimate of drug-likeness (QED) is 0.893. The van der Waals surface area contributed by atoms with Gasteiger partial charge in [0.1, 0.15) is 0 Å². The van der Waals surface area contributed by atoms with Crippen LogP contribution in [0.5, 0.6) is 0 Å². The number of carbonyl (C=O) groups excluding carboxylic acids is 1. The fourth-order valence-electron chi connectivity index (χ4n) is 3.31. The number of ether oxygens (including phenoxy) is 1. The maximum atomic E-state index is 12.2. The summed E-state index contributed by atoms with van der Waals surface area (Å²) in [6.45, 7) is 6.52. The zero-order valence-electron chi connectivity index (χ0n) is 14.6. The first-order chi connectivity index (χ1) is 11.3. The van der Waals surface area contributed by atoms with Gasteiger partial charge >= 0.3 is 5.69 Å². The summed E-state index contributed by atoms with van der Waals surface area (Å²) in [5, 5.41) is 7.28. The zero-order valence-corrected chi connectivity index (χ0v) is 14.6. The lowest BCUT2D eigenvalue weighted by atomic mass is 9.56. The number of nitrogens with one attached hydrogen (secondary N) is 1. The van der Waals surface area contributed by atoms with Crippen molar-refractivity contribution in [3.63, 3.8) is 0 Å². The van der Waals surface area contributed by atoms with Gasteiger partial charge in [-0.05, 0) is 25.5 Å². The van der Waals surface area contributed by atoms with Crippen molar-refractivity contribution in [1.29, 1.82) is 0 Å². The fourth-order valence-corrected chi connectivity index (χ4v) is 3.31. The number of nitrogens with zero attached hydrogens (tertiary/aromatic N) is 3. The van der Waals surface area contributed by atoms with E-state index >= 15 is 0 Å². The summed E-state index contributed by atoms with van der Waals surface area (Å²) in [7, 11) is 1.70. The molecule has 0 aliphatic heterocycles. The Labute approximate surface area is 140 Å². The monoisotopic (exact) mass is 332 g/mol. The standard InChI is InChI=1S/C17H24N4O3/c1-16(2)12(11-17(16,3)24-4)18-14(22)8-10-21-15(23)20-9-6-5-7-13(20)19-21/h5-7,9,12H,8,10-11H2,1-4H3,(H,18,22)/t12-,17-/m1/s1. The van der Waals surface area contributed by atoms with E-state index in [-0.39, 0.29) is 41.6 Å². The molecule has 0 saturated heterocycles. The van der Waals surface area contributed by atoms with Gasteiger partial charge in [-0.15, -0.1) is 5.10 Å². The van der Waals surface area contributed by atoms with E-state index in [0.29, 0.717) is 5.65 Å². The van der Waals surface area contributed by atoms with E-state index in [2.05, 4.69) is 31.2 Å². The van der Waals surface area contributed by atoms with Crippen molar-refractivity contribution in [2.45, 2.75) is 51.8 Å². The summed E-state index contributed by atoms with van der Waals surface area (Å²) in [5.74, 6) is -0.0739. The maximum Gasteiger partial charge on any atom is 0.350 e. The van der Waals surface area contributed by atoms with Crippen LogP contribution in [0.3, 0.4) is 0 Å². The topological polar surface area (TPSA) is 77.6 Å². The van der Waals surface area contributed by atoms with Crippen LogP contribution in [-0.4, -0.2) is 38.8 Å². The average molecular weight is 332 g/mol. The molecule has 1 amide bonds. The van der Waals surface area contributed by atoms with E-state index < -0.39 is 0 Å². The Balaban J connectivity index is 1.60. The third-order valence-corrected chi connectivity index (χ3v) is 5.65. The predicted octanol–water partition coefficient (Wildman–Crippen LogP) is 1.21. The minimum Gasteiger partial charge on any atom is -0.378 e. The molecule has 1 fully saturated rings. The molecule has 1 aliphatic rings. The first-order valence-corrected chi connectivity index (χ1v) is 8.17. The average Bonchev–Trinajstić information content (AvgIpc) is 2.89. The van der Waals surface area contributed by atoms with Crippen LogP contribution < -0.4 is 11.0 Å². The van der Waals surface area contributed by atoms with Crippen molar-refractivity contribution in [1.82, 2.24) is 19.5 Å². The molecule has 130 valence electrons. The number of hydrogen-bond donors (Lipinski definition) is 1. The molecule has 2 aromatic heterocycles. The van der Waals surface area contributed by atoms with Gasteiger partial charge < -0.3 is 10.1 Å². The summed E-state index contributed by atoms with van der Waals surface area (Å²) in [6, 6.07) is 5.44. The Bertz CT molecular complexity index is 823. The van der Waals surface area contributed by atoms with Crippen LogP contribution >= 0.6 is 0 Å². The van der Waals surface area contributed by atoms with Gasteiger partial charge in [0, 0.05) is 31.2 Å². The highest BCUT2D eigenvalue weighted by Crippen LogP contribution is 2.51. The number of aromatic nitrogens is 3. The molecule has 1 aliphatic carbocycles. The third-order valence-electron chi connectivity index (χ3n) is 5.65. The van der Waals surface area contributed by atoms with E-state index in [4.69, 9.17) is 4.74 Å².